The van der Waals surface area contributed by atoms with E-state index in [0.29, 0.717) is 0 Å². The quantitative estimate of drug-likeness (QED) is 0.548. The lowest BCUT2D eigenvalue weighted by molar-refractivity contribution is -0.146. The molecule has 0 radical (unpaired) electrons. The molecule has 0 aromatic rings. The van der Waals surface area contributed by atoms with Gasteiger partial charge in [0.05, 0.1) is 0 Å². The number of rotatable bonds is 7. The molecule has 1 atom stereocenters. The second-order valence-electron chi connectivity index (χ2n) is 3.28. The predicted octanol–water partition coefficient (Wildman–Crippen LogP) is 0.387. The van der Waals surface area contributed by atoms with Crippen molar-refractivity contribution in [2.75, 3.05) is 0 Å². The monoisotopic (exact) mass is 229 g/mol. The van der Waals surface area contributed by atoms with Gasteiger partial charge in [0, 0.05) is 12.8 Å². The third-order valence-electron chi connectivity index (χ3n) is 2.15. The molecule has 0 aliphatic rings. The Balaban J connectivity index is 4.85. The van der Waals surface area contributed by atoms with E-state index in [-0.39, 0.29) is 19.3 Å². The van der Waals surface area contributed by atoms with E-state index in [4.69, 9.17) is 10.2 Å². The lowest BCUT2D eigenvalue weighted by Crippen LogP contribution is -2.53. The maximum atomic E-state index is 11.2. The van der Waals surface area contributed by atoms with Crippen molar-refractivity contribution < 1.29 is 24.6 Å². The number of hydrogen-bond acceptors (Lipinski definition) is 3. The number of carboxylic acids is 2. The Bertz CT molecular complexity index is 312. The maximum Gasteiger partial charge on any atom is 0.333 e. The van der Waals surface area contributed by atoms with Crippen molar-refractivity contribution in [3.63, 3.8) is 0 Å². The summed E-state index contributed by atoms with van der Waals surface area (Å²) >= 11 is 0. The van der Waals surface area contributed by atoms with Gasteiger partial charge < -0.3 is 15.5 Å². The number of aliphatic carboxylic acids is 2. The lowest BCUT2D eigenvalue weighted by atomic mass is 9.93. The standard InChI is InChI=1S/C10H15NO5/c1-3-7(12)11-10(4-2,9(15)16)6-5-8(13)14/h4H,2-3,5-6H2,1H3,(H,11,12)(H,13,14)(H,15,16). The number of carboxylic acid groups (broad SMARTS) is 2. The molecule has 0 rings (SSSR count). The molecule has 0 spiro atoms. The average Bonchev–Trinajstić information content (AvgIpc) is 2.23. The van der Waals surface area contributed by atoms with E-state index < -0.39 is 23.4 Å². The van der Waals surface area contributed by atoms with Crippen molar-refractivity contribution in [2.45, 2.75) is 31.7 Å². The van der Waals surface area contributed by atoms with Crippen LogP contribution >= 0.6 is 0 Å². The van der Waals surface area contributed by atoms with Gasteiger partial charge in [-0.05, 0) is 6.42 Å². The second-order valence-corrected chi connectivity index (χ2v) is 3.28. The number of carbonyl (C=O) groups excluding carboxylic acids is 1. The fourth-order valence-corrected chi connectivity index (χ4v) is 1.10. The largest absolute Gasteiger partial charge is 0.481 e. The van der Waals surface area contributed by atoms with Gasteiger partial charge in [-0.3, -0.25) is 9.59 Å². The lowest BCUT2D eigenvalue weighted by Gasteiger charge is -2.26. The molecule has 3 N–H and O–H groups in total. The minimum absolute atomic E-state index is 0.121. The Kier molecular flexibility index (Phi) is 5.21. The van der Waals surface area contributed by atoms with Crippen LogP contribution in [0.3, 0.4) is 0 Å². The van der Waals surface area contributed by atoms with Crippen molar-refractivity contribution >= 4 is 17.8 Å². The van der Waals surface area contributed by atoms with Crippen molar-refractivity contribution in [1.29, 1.82) is 0 Å². The highest BCUT2D eigenvalue weighted by molar-refractivity contribution is 5.89. The van der Waals surface area contributed by atoms with Crippen LogP contribution in [0.15, 0.2) is 12.7 Å². The van der Waals surface area contributed by atoms with Gasteiger partial charge in [0.25, 0.3) is 0 Å². The summed E-state index contributed by atoms with van der Waals surface area (Å²) in [6.45, 7) is 4.90. The summed E-state index contributed by atoms with van der Waals surface area (Å²) in [6.07, 6.45) is 0.580. The van der Waals surface area contributed by atoms with Gasteiger partial charge in [-0.15, -0.1) is 6.58 Å². The minimum atomic E-state index is -1.70. The molecule has 16 heavy (non-hydrogen) atoms. The molecule has 0 aliphatic heterocycles. The number of carbonyl (C=O) groups is 3. The molecule has 0 aliphatic carbocycles. The Labute approximate surface area is 93.0 Å². The van der Waals surface area contributed by atoms with Crippen molar-refractivity contribution in [1.82, 2.24) is 5.32 Å². The van der Waals surface area contributed by atoms with Crippen LogP contribution in [0.25, 0.3) is 0 Å². The summed E-state index contributed by atoms with van der Waals surface area (Å²) in [5.41, 5.74) is -1.70. The van der Waals surface area contributed by atoms with Crippen LogP contribution in [0.5, 0.6) is 0 Å². The van der Waals surface area contributed by atoms with E-state index in [2.05, 4.69) is 11.9 Å². The van der Waals surface area contributed by atoms with Gasteiger partial charge in [-0.25, -0.2) is 4.79 Å². The van der Waals surface area contributed by atoms with E-state index in [1.807, 2.05) is 0 Å². The summed E-state index contributed by atoms with van der Waals surface area (Å²) in [7, 11) is 0. The smallest absolute Gasteiger partial charge is 0.333 e. The van der Waals surface area contributed by atoms with Crippen LogP contribution in [0.1, 0.15) is 26.2 Å². The van der Waals surface area contributed by atoms with Gasteiger partial charge >= 0.3 is 11.9 Å². The zero-order valence-electron chi connectivity index (χ0n) is 9.02. The van der Waals surface area contributed by atoms with Crippen LogP contribution < -0.4 is 5.32 Å². The summed E-state index contributed by atoms with van der Waals surface area (Å²) in [5.74, 6) is -2.91. The van der Waals surface area contributed by atoms with E-state index in [1.165, 1.54) is 0 Å². The fraction of sp³-hybridized carbons (Fsp3) is 0.500. The molecule has 0 saturated heterocycles. The van der Waals surface area contributed by atoms with Gasteiger partial charge in [-0.1, -0.05) is 13.0 Å². The second kappa shape index (κ2) is 5.89. The third-order valence-corrected chi connectivity index (χ3v) is 2.15. The molecule has 0 fully saturated rings. The summed E-state index contributed by atoms with van der Waals surface area (Å²) in [5, 5.41) is 19.8. The van der Waals surface area contributed by atoms with Gasteiger partial charge in [0.15, 0.2) is 5.54 Å². The number of nitrogens with one attached hydrogen (secondary N) is 1. The summed E-state index contributed by atoms with van der Waals surface area (Å²) in [6, 6.07) is 0. The van der Waals surface area contributed by atoms with Crippen molar-refractivity contribution in [2.24, 2.45) is 0 Å². The zero-order valence-corrected chi connectivity index (χ0v) is 9.02. The highest BCUT2D eigenvalue weighted by Crippen LogP contribution is 2.15. The Morgan fingerprint density at radius 1 is 1.38 bits per heavy atom. The SMILES string of the molecule is C=CC(CCC(=O)O)(NC(=O)CC)C(=O)O. The molecule has 0 aromatic carbocycles. The molecule has 1 amide bonds. The number of amides is 1. The Morgan fingerprint density at radius 3 is 2.25 bits per heavy atom. The van der Waals surface area contributed by atoms with Crippen LogP contribution in [0.2, 0.25) is 0 Å². The van der Waals surface area contributed by atoms with Gasteiger partial charge in [0.1, 0.15) is 0 Å². The first-order valence-corrected chi connectivity index (χ1v) is 4.77. The molecule has 0 aromatic heterocycles. The summed E-state index contributed by atoms with van der Waals surface area (Å²) < 4.78 is 0. The van der Waals surface area contributed by atoms with Crippen LogP contribution in [-0.2, 0) is 14.4 Å². The Morgan fingerprint density at radius 2 is 1.94 bits per heavy atom. The minimum Gasteiger partial charge on any atom is -0.481 e. The van der Waals surface area contributed by atoms with E-state index in [9.17, 15) is 14.4 Å². The van der Waals surface area contributed by atoms with E-state index >= 15 is 0 Å². The fourth-order valence-electron chi connectivity index (χ4n) is 1.10. The van der Waals surface area contributed by atoms with Crippen LogP contribution in [0.4, 0.5) is 0 Å². The molecular formula is C10H15NO5. The first-order chi connectivity index (χ1) is 7.38. The zero-order chi connectivity index (χ0) is 12.8. The van der Waals surface area contributed by atoms with Crippen LogP contribution in [0, 0.1) is 0 Å². The van der Waals surface area contributed by atoms with Crippen LogP contribution in [-0.4, -0.2) is 33.6 Å². The molecule has 6 heteroatoms. The van der Waals surface area contributed by atoms with E-state index in [0.717, 1.165) is 6.08 Å². The molecule has 90 valence electrons. The number of hydrogen-bond donors (Lipinski definition) is 3. The Hall–Kier alpha value is -1.85. The first-order valence-electron chi connectivity index (χ1n) is 4.77. The topological polar surface area (TPSA) is 104 Å². The molecule has 6 nitrogen and oxygen atoms in total. The highest BCUT2D eigenvalue weighted by Gasteiger charge is 2.36. The molecular weight excluding hydrogens is 214 g/mol. The normalized spacial score (nSPS) is 13.6. The third kappa shape index (κ3) is 3.72. The maximum absolute atomic E-state index is 11.2. The highest BCUT2D eigenvalue weighted by atomic mass is 16.4. The van der Waals surface area contributed by atoms with Gasteiger partial charge in [0.2, 0.25) is 5.91 Å². The average molecular weight is 229 g/mol. The molecule has 0 heterocycles. The molecule has 0 bridgehead atoms. The van der Waals surface area contributed by atoms with Crippen molar-refractivity contribution in [3.05, 3.63) is 12.7 Å². The van der Waals surface area contributed by atoms with Gasteiger partial charge in [-0.2, -0.15) is 0 Å². The predicted molar refractivity (Wildman–Crippen MR) is 55.9 cm³/mol. The first kappa shape index (κ1) is 14.2. The van der Waals surface area contributed by atoms with E-state index in [1.54, 1.807) is 6.92 Å². The van der Waals surface area contributed by atoms with Crippen molar-refractivity contribution in [3.8, 4) is 0 Å². The molecule has 1 unspecified atom stereocenters. The summed E-state index contributed by atoms with van der Waals surface area (Å²) in [4.78, 5) is 32.6. The molecule has 0 saturated carbocycles.